The van der Waals surface area contributed by atoms with Crippen LogP contribution >= 0.6 is 34.2 Å². The van der Waals surface area contributed by atoms with Crippen molar-refractivity contribution in [3.8, 4) is 0 Å². The molecule has 0 saturated carbocycles. The molecule has 0 saturated heterocycles. The summed E-state index contributed by atoms with van der Waals surface area (Å²) >= 11 is 7.88. The van der Waals surface area contributed by atoms with Gasteiger partial charge in [-0.2, -0.15) is 0 Å². The maximum Gasteiger partial charge on any atom is 0.142 e. The number of halogens is 2. The van der Waals surface area contributed by atoms with Gasteiger partial charge in [0.05, 0.1) is 5.39 Å². The van der Waals surface area contributed by atoms with Crippen molar-refractivity contribution in [1.29, 1.82) is 0 Å². The minimum Gasteiger partial charge on any atom is -0.346 e. The van der Waals surface area contributed by atoms with Crippen molar-refractivity contribution < 1.29 is 0 Å². The summed E-state index contributed by atoms with van der Waals surface area (Å²) in [7, 11) is 0. The molecule has 0 bridgehead atoms. The molecule has 0 atom stereocenters. The zero-order valence-electron chi connectivity index (χ0n) is 6.38. The monoisotopic (exact) mass is 295 g/mol. The van der Waals surface area contributed by atoms with Crippen molar-refractivity contribution in [1.82, 2.24) is 15.0 Å². The highest BCUT2D eigenvalue weighted by Crippen LogP contribution is 2.16. The number of hydrogen-bond acceptors (Lipinski definition) is 2. The first kappa shape index (κ1) is 9.73. The molecule has 5 heteroatoms. The highest BCUT2D eigenvalue weighted by Gasteiger charge is 1.98. The Morgan fingerprint density at radius 2 is 2.17 bits per heavy atom. The van der Waals surface area contributed by atoms with Gasteiger partial charge in [-0.25, -0.2) is 9.97 Å². The highest BCUT2D eigenvalue weighted by molar-refractivity contribution is 14.1. The van der Waals surface area contributed by atoms with Crippen LogP contribution in [-0.4, -0.2) is 19.9 Å². The third-order valence-corrected chi connectivity index (χ3v) is 1.61. The molecule has 0 fully saturated rings. The summed E-state index contributed by atoms with van der Waals surface area (Å²) in [4.78, 5) is 12.7. The van der Waals surface area contributed by atoms with E-state index < -0.39 is 0 Å². The lowest BCUT2D eigenvalue weighted by Gasteiger charge is -1.88. The lowest BCUT2D eigenvalue weighted by atomic mass is 10.4. The second-order valence-corrected chi connectivity index (χ2v) is 2.26. The summed E-state index contributed by atoms with van der Waals surface area (Å²) in [5.74, 6) is 0. The molecule has 1 N–H and O–H groups in total. The Hall–Kier alpha value is -0.360. The number of alkyl halides is 1. The van der Waals surface area contributed by atoms with Crippen LogP contribution in [0.2, 0.25) is 5.15 Å². The molecule has 2 aromatic rings. The number of aromatic nitrogens is 3. The largest absolute Gasteiger partial charge is 0.346 e. The summed E-state index contributed by atoms with van der Waals surface area (Å²) < 4.78 is 0. The number of hydrogen-bond donors (Lipinski definition) is 1. The van der Waals surface area contributed by atoms with Crippen LogP contribution in [-0.2, 0) is 0 Å². The Morgan fingerprint density at radius 1 is 1.42 bits per heavy atom. The second-order valence-electron chi connectivity index (χ2n) is 1.90. The average Bonchev–Trinajstić information content (AvgIpc) is 2.57. The van der Waals surface area contributed by atoms with Crippen molar-refractivity contribution in [3.05, 3.63) is 23.7 Å². The van der Waals surface area contributed by atoms with E-state index in [1.807, 2.05) is 11.0 Å². The van der Waals surface area contributed by atoms with Crippen LogP contribution in [0.4, 0.5) is 0 Å². The van der Waals surface area contributed by atoms with Gasteiger partial charge in [0, 0.05) is 6.20 Å². The first-order chi connectivity index (χ1) is 5.88. The molecule has 0 aliphatic carbocycles. The van der Waals surface area contributed by atoms with Crippen LogP contribution in [0.15, 0.2) is 18.6 Å². The van der Waals surface area contributed by atoms with Crippen LogP contribution < -0.4 is 0 Å². The molecule has 2 heterocycles. The van der Waals surface area contributed by atoms with Crippen LogP contribution in [0, 0.1) is 0 Å². The molecule has 0 aliphatic rings. The fraction of sp³-hybridized carbons (Fsp3) is 0.143. The molecule has 3 nitrogen and oxygen atoms in total. The first-order valence-electron chi connectivity index (χ1n) is 3.19. The lowest BCUT2D eigenvalue weighted by Crippen LogP contribution is -1.79. The quantitative estimate of drug-likeness (QED) is 0.461. The lowest BCUT2D eigenvalue weighted by molar-refractivity contribution is 1.20. The normalized spacial score (nSPS) is 9.25. The predicted octanol–water partition coefficient (Wildman–Crippen LogP) is 2.66. The van der Waals surface area contributed by atoms with Gasteiger partial charge >= 0.3 is 0 Å². The number of rotatable bonds is 0. The fourth-order valence-electron chi connectivity index (χ4n) is 0.841. The Morgan fingerprint density at radius 3 is 2.83 bits per heavy atom. The van der Waals surface area contributed by atoms with E-state index in [0.717, 1.165) is 11.0 Å². The summed E-state index contributed by atoms with van der Waals surface area (Å²) in [5.41, 5.74) is 0.778. The van der Waals surface area contributed by atoms with Crippen molar-refractivity contribution in [2.75, 3.05) is 4.93 Å². The van der Waals surface area contributed by atoms with Gasteiger partial charge in [0.2, 0.25) is 0 Å². The Bertz CT molecular complexity index is 360. The SMILES string of the molecule is CI.Clc1ncnc2[nH]ccc12. The zero-order chi connectivity index (χ0) is 8.97. The zero-order valence-corrected chi connectivity index (χ0v) is 9.30. The van der Waals surface area contributed by atoms with Crippen LogP contribution in [0.1, 0.15) is 0 Å². The molecule has 0 amide bonds. The second kappa shape index (κ2) is 4.61. The summed E-state index contributed by atoms with van der Waals surface area (Å²) in [5, 5.41) is 1.36. The first-order valence-corrected chi connectivity index (χ1v) is 5.73. The summed E-state index contributed by atoms with van der Waals surface area (Å²) in [6.07, 6.45) is 3.21. The number of aromatic amines is 1. The number of H-pyrrole nitrogens is 1. The van der Waals surface area contributed by atoms with Crippen molar-refractivity contribution in [3.63, 3.8) is 0 Å². The van der Waals surface area contributed by atoms with Crippen LogP contribution in [0.25, 0.3) is 11.0 Å². The smallest absolute Gasteiger partial charge is 0.142 e. The van der Waals surface area contributed by atoms with Crippen molar-refractivity contribution in [2.45, 2.75) is 0 Å². The molecule has 0 aliphatic heterocycles. The van der Waals surface area contributed by atoms with Gasteiger partial charge < -0.3 is 4.98 Å². The van der Waals surface area contributed by atoms with Gasteiger partial charge in [0.1, 0.15) is 17.1 Å². The molecular weight excluding hydrogens is 288 g/mol. The third-order valence-electron chi connectivity index (χ3n) is 1.31. The van der Waals surface area contributed by atoms with Gasteiger partial charge in [0.15, 0.2) is 0 Å². The molecule has 2 rings (SSSR count). The standard InChI is InChI=1S/C6H4ClN3.CH3I/c7-5-4-1-2-8-6(4)10-3-9-5;1-2/h1-3H,(H,8,9,10);1H3. The van der Waals surface area contributed by atoms with Gasteiger partial charge in [-0.3, -0.25) is 0 Å². The average molecular weight is 296 g/mol. The molecule has 0 unspecified atom stereocenters. The number of nitrogens with one attached hydrogen (secondary N) is 1. The minimum atomic E-state index is 0.492. The van der Waals surface area contributed by atoms with E-state index >= 15 is 0 Å². The number of nitrogens with zero attached hydrogens (tertiary/aromatic N) is 2. The van der Waals surface area contributed by atoms with E-state index in [2.05, 4.69) is 37.5 Å². The molecule has 2 aromatic heterocycles. The van der Waals surface area contributed by atoms with E-state index in [4.69, 9.17) is 11.6 Å². The van der Waals surface area contributed by atoms with E-state index in [1.165, 1.54) is 6.33 Å². The highest BCUT2D eigenvalue weighted by atomic mass is 127. The molecule has 0 spiro atoms. The van der Waals surface area contributed by atoms with Crippen LogP contribution in [0.5, 0.6) is 0 Å². The summed E-state index contributed by atoms with van der Waals surface area (Å²) in [6, 6.07) is 1.84. The maximum atomic E-state index is 5.73. The topological polar surface area (TPSA) is 41.6 Å². The fourth-order valence-corrected chi connectivity index (χ4v) is 1.04. The Labute approximate surface area is 88.7 Å². The van der Waals surface area contributed by atoms with Gasteiger partial charge in [-0.05, 0) is 11.0 Å². The van der Waals surface area contributed by atoms with Crippen molar-refractivity contribution >= 4 is 45.2 Å². The summed E-state index contributed by atoms with van der Waals surface area (Å²) in [6.45, 7) is 0. The maximum absolute atomic E-state index is 5.73. The third kappa shape index (κ3) is 1.87. The molecule has 0 aromatic carbocycles. The molecule has 0 radical (unpaired) electrons. The predicted molar refractivity (Wildman–Crippen MR) is 58.8 cm³/mol. The van der Waals surface area contributed by atoms with Crippen molar-refractivity contribution in [2.24, 2.45) is 0 Å². The Balaban J connectivity index is 0.000000336. The van der Waals surface area contributed by atoms with E-state index in [0.29, 0.717) is 5.15 Å². The van der Waals surface area contributed by atoms with Gasteiger partial charge in [-0.1, -0.05) is 34.2 Å². The molecular formula is C7H7ClIN3. The van der Waals surface area contributed by atoms with Gasteiger partial charge in [0.25, 0.3) is 0 Å². The van der Waals surface area contributed by atoms with E-state index in [-0.39, 0.29) is 0 Å². The number of fused-ring (bicyclic) bond motifs is 1. The van der Waals surface area contributed by atoms with E-state index in [1.54, 1.807) is 6.20 Å². The van der Waals surface area contributed by atoms with Crippen LogP contribution in [0.3, 0.4) is 0 Å². The van der Waals surface area contributed by atoms with E-state index in [9.17, 15) is 0 Å². The van der Waals surface area contributed by atoms with Gasteiger partial charge in [-0.15, -0.1) is 0 Å². The Kier molecular flexibility index (Phi) is 3.74. The minimum absolute atomic E-state index is 0.492. The molecule has 12 heavy (non-hydrogen) atoms. The molecule has 64 valence electrons.